The molecule has 1 saturated heterocycles. The minimum atomic E-state index is -0.475. The molecule has 23 heavy (non-hydrogen) atoms. The Labute approximate surface area is 132 Å². The van der Waals surface area contributed by atoms with Crippen molar-refractivity contribution in [3.63, 3.8) is 0 Å². The predicted molar refractivity (Wildman–Crippen MR) is 80.2 cm³/mol. The second-order valence-electron chi connectivity index (χ2n) is 6.00. The number of imidazole rings is 1. The number of carbonyl (C=O) groups excluding carboxylic acids is 1. The maximum Gasteiger partial charge on any atom is 0.233 e. The molecule has 0 saturated carbocycles. The van der Waals surface area contributed by atoms with Crippen molar-refractivity contribution >= 4 is 11.9 Å². The van der Waals surface area contributed by atoms with E-state index < -0.39 is 5.82 Å². The summed E-state index contributed by atoms with van der Waals surface area (Å²) < 4.78 is 15.0. The molecule has 0 radical (unpaired) electrons. The van der Waals surface area contributed by atoms with Gasteiger partial charge in [-0.05, 0) is 6.42 Å². The van der Waals surface area contributed by atoms with Crippen LogP contribution in [-0.2, 0) is 18.4 Å². The molecule has 120 valence electrons. The van der Waals surface area contributed by atoms with Gasteiger partial charge in [0.1, 0.15) is 0 Å². The monoisotopic (exact) mass is 316 g/mol. The number of fused-ring (bicyclic) bond motifs is 1. The van der Waals surface area contributed by atoms with E-state index >= 15 is 0 Å². The van der Waals surface area contributed by atoms with E-state index in [0.29, 0.717) is 19.0 Å². The fourth-order valence-corrected chi connectivity index (χ4v) is 3.18. The first-order valence-corrected chi connectivity index (χ1v) is 7.65. The van der Waals surface area contributed by atoms with Crippen LogP contribution < -0.4 is 4.90 Å². The van der Waals surface area contributed by atoms with Crippen molar-refractivity contribution in [1.82, 2.24) is 24.4 Å². The lowest BCUT2D eigenvalue weighted by Gasteiger charge is -2.38. The van der Waals surface area contributed by atoms with Gasteiger partial charge in [0.2, 0.25) is 11.9 Å². The summed E-state index contributed by atoms with van der Waals surface area (Å²) in [5.41, 5.74) is 1.81. The van der Waals surface area contributed by atoms with Crippen LogP contribution in [0.25, 0.3) is 0 Å². The van der Waals surface area contributed by atoms with Gasteiger partial charge in [0.15, 0.2) is 5.82 Å². The zero-order chi connectivity index (χ0) is 16.0. The lowest BCUT2D eigenvalue weighted by molar-refractivity contribution is -0.136. The Morgan fingerprint density at radius 2 is 2.00 bits per heavy atom. The summed E-state index contributed by atoms with van der Waals surface area (Å²) >= 11 is 0. The van der Waals surface area contributed by atoms with Gasteiger partial charge in [0, 0.05) is 26.7 Å². The number of halogens is 1. The Morgan fingerprint density at radius 1 is 1.26 bits per heavy atom. The highest BCUT2D eigenvalue weighted by Gasteiger charge is 2.38. The van der Waals surface area contributed by atoms with Gasteiger partial charge < -0.3 is 14.4 Å². The van der Waals surface area contributed by atoms with E-state index in [2.05, 4.69) is 15.0 Å². The van der Waals surface area contributed by atoms with Gasteiger partial charge in [-0.3, -0.25) is 4.79 Å². The molecule has 2 aliphatic heterocycles. The average molecular weight is 316 g/mol. The molecule has 0 unspecified atom stereocenters. The van der Waals surface area contributed by atoms with Gasteiger partial charge in [0.05, 0.1) is 42.6 Å². The number of aromatic nitrogens is 4. The maximum absolute atomic E-state index is 13.0. The second-order valence-corrected chi connectivity index (χ2v) is 6.00. The van der Waals surface area contributed by atoms with Crippen LogP contribution in [0.2, 0.25) is 0 Å². The van der Waals surface area contributed by atoms with Crippen LogP contribution in [0, 0.1) is 5.82 Å². The van der Waals surface area contributed by atoms with Gasteiger partial charge in [0.25, 0.3) is 0 Å². The van der Waals surface area contributed by atoms with Crippen LogP contribution in [0.1, 0.15) is 23.7 Å². The van der Waals surface area contributed by atoms with Crippen LogP contribution >= 0.6 is 0 Å². The molecule has 0 N–H and O–H groups in total. The number of hydrogen-bond donors (Lipinski definition) is 0. The fourth-order valence-electron chi connectivity index (χ4n) is 3.18. The van der Waals surface area contributed by atoms with E-state index in [1.807, 2.05) is 21.4 Å². The van der Waals surface area contributed by atoms with Crippen LogP contribution in [0.5, 0.6) is 0 Å². The highest BCUT2D eigenvalue weighted by molar-refractivity contribution is 5.85. The SMILES string of the molecule is Cn1cnc2c1[C@@H](C(=O)N1CCC1)CN(c1ncc(F)cn1)C2. The number of hydrogen-bond acceptors (Lipinski definition) is 5. The van der Waals surface area contributed by atoms with Crippen molar-refractivity contribution in [1.29, 1.82) is 0 Å². The summed E-state index contributed by atoms with van der Waals surface area (Å²) in [6, 6.07) is 0. The number of rotatable bonds is 2. The summed E-state index contributed by atoms with van der Waals surface area (Å²) in [6.45, 7) is 2.63. The molecule has 8 heteroatoms. The molecule has 4 heterocycles. The van der Waals surface area contributed by atoms with Crippen molar-refractivity contribution < 1.29 is 9.18 Å². The average Bonchev–Trinajstić information content (AvgIpc) is 2.87. The minimum Gasteiger partial charge on any atom is -0.342 e. The Balaban J connectivity index is 1.68. The fraction of sp³-hybridized carbons (Fsp3) is 0.467. The molecule has 1 amide bonds. The standard InChI is InChI=1S/C15H17FN6O/c1-20-9-19-12-8-22(15-17-5-10(16)6-18-15)7-11(13(12)20)14(23)21-3-2-4-21/h5-6,9,11H,2-4,7-8H2,1H3/t11-/m0/s1. The summed E-state index contributed by atoms with van der Waals surface area (Å²) in [5, 5.41) is 0. The third-order valence-corrected chi connectivity index (χ3v) is 4.49. The van der Waals surface area contributed by atoms with Crippen molar-refractivity contribution in [2.75, 3.05) is 24.5 Å². The largest absolute Gasteiger partial charge is 0.342 e. The minimum absolute atomic E-state index is 0.118. The van der Waals surface area contributed by atoms with Crippen LogP contribution in [0.4, 0.5) is 10.3 Å². The van der Waals surface area contributed by atoms with Crippen LogP contribution in [-0.4, -0.2) is 50.0 Å². The second kappa shape index (κ2) is 5.29. The smallest absolute Gasteiger partial charge is 0.233 e. The van der Waals surface area contributed by atoms with Gasteiger partial charge in [-0.15, -0.1) is 0 Å². The topological polar surface area (TPSA) is 67.2 Å². The summed E-state index contributed by atoms with van der Waals surface area (Å²) in [6.07, 6.45) is 5.07. The molecular formula is C15H17FN6O. The molecular weight excluding hydrogens is 299 g/mol. The Kier molecular flexibility index (Phi) is 3.24. The maximum atomic E-state index is 13.0. The zero-order valence-electron chi connectivity index (χ0n) is 12.8. The molecule has 1 fully saturated rings. The Hall–Kier alpha value is -2.51. The molecule has 1 atom stereocenters. The number of likely N-dealkylation sites (tertiary alicyclic amines) is 1. The van der Waals surface area contributed by atoms with Gasteiger partial charge in [-0.25, -0.2) is 19.3 Å². The van der Waals surface area contributed by atoms with E-state index in [1.54, 1.807) is 6.33 Å². The van der Waals surface area contributed by atoms with E-state index in [4.69, 9.17) is 0 Å². The molecule has 0 spiro atoms. The molecule has 0 aromatic carbocycles. The summed E-state index contributed by atoms with van der Waals surface area (Å²) in [7, 11) is 1.91. The van der Waals surface area contributed by atoms with Crippen molar-refractivity contribution in [3.8, 4) is 0 Å². The van der Waals surface area contributed by atoms with Gasteiger partial charge >= 0.3 is 0 Å². The van der Waals surface area contributed by atoms with Gasteiger partial charge in [-0.2, -0.15) is 0 Å². The molecule has 4 rings (SSSR count). The third-order valence-electron chi connectivity index (χ3n) is 4.49. The molecule has 2 aromatic rings. The first kappa shape index (κ1) is 14.1. The van der Waals surface area contributed by atoms with Crippen LogP contribution in [0.3, 0.4) is 0 Å². The molecule has 0 bridgehead atoms. The van der Waals surface area contributed by atoms with E-state index in [-0.39, 0.29) is 11.8 Å². The first-order chi connectivity index (χ1) is 11.1. The molecule has 2 aromatic heterocycles. The number of amides is 1. The van der Waals surface area contributed by atoms with Crippen LogP contribution in [0.15, 0.2) is 18.7 Å². The van der Waals surface area contributed by atoms with Gasteiger partial charge in [-0.1, -0.05) is 0 Å². The Bertz CT molecular complexity index is 739. The first-order valence-electron chi connectivity index (χ1n) is 7.65. The third kappa shape index (κ3) is 2.34. The highest BCUT2D eigenvalue weighted by Crippen LogP contribution is 2.31. The number of nitrogens with zero attached hydrogens (tertiary/aromatic N) is 6. The Morgan fingerprint density at radius 3 is 2.65 bits per heavy atom. The summed E-state index contributed by atoms with van der Waals surface area (Å²) in [5.74, 6) is -0.227. The molecule has 2 aliphatic rings. The van der Waals surface area contributed by atoms with Crippen molar-refractivity contribution in [2.24, 2.45) is 7.05 Å². The normalized spacial score (nSPS) is 20.2. The quantitative estimate of drug-likeness (QED) is 0.815. The van der Waals surface area contributed by atoms with E-state index in [1.165, 1.54) is 0 Å². The number of anilines is 1. The predicted octanol–water partition coefficient (Wildman–Crippen LogP) is 0.685. The van der Waals surface area contributed by atoms with E-state index in [9.17, 15) is 9.18 Å². The molecule has 0 aliphatic carbocycles. The number of aryl methyl sites for hydroxylation is 1. The van der Waals surface area contributed by atoms with Crippen molar-refractivity contribution in [3.05, 3.63) is 35.9 Å². The lowest BCUT2D eigenvalue weighted by Crippen LogP contribution is -2.49. The highest BCUT2D eigenvalue weighted by atomic mass is 19.1. The lowest BCUT2D eigenvalue weighted by atomic mass is 9.95. The van der Waals surface area contributed by atoms with Crippen molar-refractivity contribution in [2.45, 2.75) is 18.9 Å². The number of carbonyl (C=O) groups is 1. The summed E-state index contributed by atoms with van der Waals surface area (Å²) in [4.78, 5) is 29.0. The molecule has 7 nitrogen and oxygen atoms in total. The van der Waals surface area contributed by atoms with E-state index in [0.717, 1.165) is 43.3 Å². The zero-order valence-corrected chi connectivity index (χ0v) is 12.8.